The number of hydrogen-bond donors (Lipinski definition) is 2. The SMILES string of the molecule is Oc1ccc(CC2C=COC2)c(O)c1. The molecule has 0 bridgehead atoms. The molecule has 1 aliphatic rings. The van der Waals surface area contributed by atoms with E-state index in [0.29, 0.717) is 12.5 Å². The van der Waals surface area contributed by atoms with E-state index in [1.807, 2.05) is 6.08 Å². The van der Waals surface area contributed by atoms with Gasteiger partial charge in [0.1, 0.15) is 11.5 Å². The largest absolute Gasteiger partial charge is 0.508 e. The summed E-state index contributed by atoms with van der Waals surface area (Å²) in [7, 11) is 0. The zero-order chi connectivity index (χ0) is 9.97. The summed E-state index contributed by atoms with van der Waals surface area (Å²) in [5.41, 5.74) is 0.836. The molecule has 0 spiro atoms. The van der Waals surface area contributed by atoms with Crippen molar-refractivity contribution >= 4 is 0 Å². The quantitative estimate of drug-likeness (QED) is 0.751. The first-order chi connectivity index (χ1) is 6.75. The Hall–Kier alpha value is -1.64. The van der Waals surface area contributed by atoms with Gasteiger partial charge in [-0.05, 0) is 24.1 Å². The van der Waals surface area contributed by atoms with E-state index in [4.69, 9.17) is 9.84 Å². The first-order valence-corrected chi connectivity index (χ1v) is 4.55. The Labute approximate surface area is 82.3 Å². The van der Waals surface area contributed by atoms with Crippen LogP contribution in [-0.2, 0) is 11.2 Å². The normalized spacial score (nSPS) is 19.6. The van der Waals surface area contributed by atoms with Crippen LogP contribution in [0.2, 0.25) is 0 Å². The van der Waals surface area contributed by atoms with Crippen LogP contribution in [0.15, 0.2) is 30.5 Å². The van der Waals surface area contributed by atoms with Gasteiger partial charge >= 0.3 is 0 Å². The van der Waals surface area contributed by atoms with Gasteiger partial charge in [-0.15, -0.1) is 0 Å². The molecule has 0 aliphatic carbocycles. The molecule has 14 heavy (non-hydrogen) atoms. The Balaban J connectivity index is 2.12. The summed E-state index contributed by atoms with van der Waals surface area (Å²) in [6.45, 7) is 0.667. The highest BCUT2D eigenvalue weighted by Crippen LogP contribution is 2.26. The maximum absolute atomic E-state index is 9.53. The van der Waals surface area contributed by atoms with Gasteiger partial charge in [-0.25, -0.2) is 0 Å². The zero-order valence-electron chi connectivity index (χ0n) is 7.68. The molecule has 74 valence electrons. The zero-order valence-corrected chi connectivity index (χ0v) is 7.68. The standard InChI is InChI=1S/C11H12O3/c12-10-2-1-9(11(13)6-10)5-8-3-4-14-7-8/h1-4,6,8,12-13H,5,7H2. The topological polar surface area (TPSA) is 49.7 Å². The Morgan fingerprint density at radius 1 is 1.36 bits per heavy atom. The molecule has 1 aliphatic heterocycles. The van der Waals surface area contributed by atoms with E-state index in [0.717, 1.165) is 12.0 Å². The van der Waals surface area contributed by atoms with Gasteiger partial charge in [0, 0.05) is 12.0 Å². The number of ether oxygens (including phenoxy) is 1. The fraction of sp³-hybridized carbons (Fsp3) is 0.273. The monoisotopic (exact) mass is 192 g/mol. The van der Waals surface area contributed by atoms with Crippen molar-refractivity contribution < 1.29 is 14.9 Å². The highest BCUT2D eigenvalue weighted by atomic mass is 16.5. The van der Waals surface area contributed by atoms with Gasteiger partial charge in [0.05, 0.1) is 12.9 Å². The molecule has 3 heteroatoms. The second kappa shape index (κ2) is 3.62. The van der Waals surface area contributed by atoms with Gasteiger partial charge < -0.3 is 14.9 Å². The lowest BCUT2D eigenvalue weighted by atomic mass is 10.00. The summed E-state index contributed by atoms with van der Waals surface area (Å²) < 4.78 is 5.08. The molecule has 2 N–H and O–H groups in total. The summed E-state index contributed by atoms with van der Waals surface area (Å²) in [6, 6.07) is 4.67. The Bertz CT molecular complexity index is 358. The molecule has 1 heterocycles. The fourth-order valence-electron chi connectivity index (χ4n) is 1.54. The molecule has 3 nitrogen and oxygen atoms in total. The van der Waals surface area contributed by atoms with E-state index in [2.05, 4.69) is 0 Å². The van der Waals surface area contributed by atoms with Crippen molar-refractivity contribution in [3.8, 4) is 11.5 Å². The molecule has 1 aromatic rings. The number of hydrogen-bond acceptors (Lipinski definition) is 3. The summed E-state index contributed by atoms with van der Waals surface area (Å²) in [6.07, 6.45) is 4.40. The van der Waals surface area contributed by atoms with Crippen LogP contribution in [0.5, 0.6) is 11.5 Å². The van der Waals surface area contributed by atoms with Crippen LogP contribution in [0.4, 0.5) is 0 Å². The minimum absolute atomic E-state index is 0.0875. The molecule has 0 amide bonds. The van der Waals surface area contributed by atoms with Gasteiger partial charge in [-0.3, -0.25) is 0 Å². The van der Waals surface area contributed by atoms with E-state index in [-0.39, 0.29) is 11.5 Å². The summed E-state index contributed by atoms with van der Waals surface area (Å²) >= 11 is 0. The lowest BCUT2D eigenvalue weighted by molar-refractivity contribution is 0.248. The number of phenols is 2. The summed E-state index contributed by atoms with van der Waals surface area (Å²) in [4.78, 5) is 0. The average molecular weight is 192 g/mol. The third kappa shape index (κ3) is 1.82. The van der Waals surface area contributed by atoms with Crippen molar-refractivity contribution in [1.29, 1.82) is 0 Å². The second-order valence-corrected chi connectivity index (χ2v) is 3.44. The van der Waals surface area contributed by atoms with Gasteiger partial charge in [0.15, 0.2) is 0 Å². The minimum Gasteiger partial charge on any atom is -0.508 e. The van der Waals surface area contributed by atoms with Gasteiger partial charge in [0.2, 0.25) is 0 Å². The van der Waals surface area contributed by atoms with Gasteiger partial charge in [0.25, 0.3) is 0 Å². The lowest BCUT2D eigenvalue weighted by Crippen LogP contribution is -2.03. The molecular weight excluding hydrogens is 180 g/mol. The maximum atomic E-state index is 9.53. The molecule has 0 saturated heterocycles. The molecule has 0 aromatic heterocycles. The van der Waals surface area contributed by atoms with Crippen LogP contribution in [0.3, 0.4) is 0 Å². The fourth-order valence-corrected chi connectivity index (χ4v) is 1.54. The van der Waals surface area contributed by atoms with E-state index >= 15 is 0 Å². The summed E-state index contributed by atoms with van der Waals surface area (Å²) in [5, 5.41) is 18.6. The Morgan fingerprint density at radius 2 is 2.21 bits per heavy atom. The van der Waals surface area contributed by atoms with Crippen molar-refractivity contribution in [2.24, 2.45) is 5.92 Å². The molecule has 1 aromatic carbocycles. The highest BCUT2D eigenvalue weighted by Gasteiger charge is 2.13. The van der Waals surface area contributed by atoms with E-state index in [1.165, 1.54) is 6.07 Å². The smallest absolute Gasteiger partial charge is 0.122 e. The number of phenolic OH excluding ortho intramolecular Hbond substituents is 2. The molecule has 2 rings (SSSR count). The third-order valence-corrected chi connectivity index (χ3v) is 2.31. The van der Waals surface area contributed by atoms with Crippen LogP contribution < -0.4 is 0 Å². The van der Waals surface area contributed by atoms with Crippen LogP contribution in [0.1, 0.15) is 5.56 Å². The molecule has 1 unspecified atom stereocenters. The van der Waals surface area contributed by atoms with Crippen molar-refractivity contribution in [3.05, 3.63) is 36.1 Å². The van der Waals surface area contributed by atoms with E-state index < -0.39 is 0 Å². The molecule has 0 saturated carbocycles. The molecular formula is C11H12O3. The summed E-state index contributed by atoms with van der Waals surface area (Å²) in [5.74, 6) is 0.556. The molecule has 0 fully saturated rings. The predicted octanol–water partition coefficient (Wildman–Crippen LogP) is 1.80. The molecule has 1 atom stereocenters. The van der Waals surface area contributed by atoms with Crippen LogP contribution in [0, 0.1) is 5.92 Å². The third-order valence-electron chi connectivity index (χ3n) is 2.31. The van der Waals surface area contributed by atoms with Crippen molar-refractivity contribution in [2.75, 3.05) is 6.61 Å². The van der Waals surface area contributed by atoms with Crippen molar-refractivity contribution in [3.63, 3.8) is 0 Å². The van der Waals surface area contributed by atoms with Crippen LogP contribution in [-0.4, -0.2) is 16.8 Å². The number of benzene rings is 1. The predicted molar refractivity (Wildman–Crippen MR) is 52.1 cm³/mol. The van der Waals surface area contributed by atoms with Crippen LogP contribution >= 0.6 is 0 Å². The van der Waals surface area contributed by atoms with Crippen LogP contribution in [0.25, 0.3) is 0 Å². The Kier molecular flexibility index (Phi) is 2.31. The van der Waals surface area contributed by atoms with Crippen molar-refractivity contribution in [2.45, 2.75) is 6.42 Å². The highest BCUT2D eigenvalue weighted by molar-refractivity contribution is 5.39. The van der Waals surface area contributed by atoms with Gasteiger partial charge in [-0.1, -0.05) is 6.07 Å². The lowest BCUT2D eigenvalue weighted by Gasteiger charge is -2.08. The van der Waals surface area contributed by atoms with Crippen molar-refractivity contribution in [1.82, 2.24) is 0 Å². The minimum atomic E-state index is 0.0875. The van der Waals surface area contributed by atoms with Gasteiger partial charge in [-0.2, -0.15) is 0 Å². The maximum Gasteiger partial charge on any atom is 0.122 e. The number of rotatable bonds is 2. The Morgan fingerprint density at radius 3 is 2.86 bits per heavy atom. The molecule has 0 radical (unpaired) electrons. The first kappa shape index (κ1) is 8.94. The first-order valence-electron chi connectivity index (χ1n) is 4.55. The average Bonchev–Trinajstić information content (AvgIpc) is 2.62. The number of aromatic hydroxyl groups is 2. The van der Waals surface area contributed by atoms with E-state index in [9.17, 15) is 5.11 Å². The second-order valence-electron chi connectivity index (χ2n) is 3.44. The van der Waals surface area contributed by atoms with E-state index in [1.54, 1.807) is 18.4 Å².